The van der Waals surface area contributed by atoms with Crippen LogP contribution in [0.4, 0.5) is 0 Å². The van der Waals surface area contributed by atoms with Crippen molar-refractivity contribution in [2.75, 3.05) is 0 Å². The van der Waals surface area contributed by atoms with Crippen LogP contribution in [0.1, 0.15) is 10.4 Å². The Hall–Kier alpha value is -3.27. The zero-order valence-electron chi connectivity index (χ0n) is 12.3. The second-order valence-electron chi connectivity index (χ2n) is 5.24. The Morgan fingerprint density at radius 2 is 1.70 bits per heavy atom. The number of benzene rings is 2. The van der Waals surface area contributed by atoms with Crippen LogP contribution < -0.4 is 0 Å². The number of nitrogens with zero attached hydrogens (tertiary/aromatic N) is 3. The highest BCUT2D eigenvalue weighted by molar-refractivity contribution is 5.83. The molecule has 0 aliphatic carbocycles. The normalized spacial score (nSPS) is 10.8. The van der Waals surface area contributed by atoms with Crippen LogP contribution in [0.3, 0.4) is 0 Å². The molecule has 0 aliphatic rings. The number of carbonyl (C=O) groups excluding carboxylic acids is 1. The van der Waals surface area contributed by atoms with E-state index in [9.17, 15) is 4.79 Å². The number of fused-ring (bicyclic) bond motifs is 1. The van der Waals surface area contributed by atoms with Gasteiger partial charge in [0.05, 0.1) is 5.69 Å². The van der Waals surface area contributed by atoms with E-state index < -0.39 is 0 Å². The molecule has 2 aromatic carbocycles. The van der Waals surface area contributed by atoms with Gasteiger partial charge in [-0.05, 0) is 5.56 Å². The van der Waals surface area contributed by atoms with Gasteiger partial charge in [0.25, 0.3) is 0 Å². The van der Waals surface area contributed by atoms with E-state index >= 15 is 0 Å². The Bertz CT molecular complexity index is 973. The molecule has 4 aromatic rings. The van der Waals surface area contributed by atoms with Crippen LogP contribution in [0.15, 0.2) is 73.2 Å². The largest absolute Gasteiger partial charge is 0.298 e. The van der Waals surface area contributed by atoms with Crippen molar-refractivity contribution in [2.24, 2.45) is 0 Å². The molecule has 4 heteroatoms. The van der Waals surface area contributed by atoms with E-state index in [2.05, 4.69) is 17.1 Å². The highest BCUT2D eigenvalue weighted by Crippen LogP contribution is 2.30. The van der Waals surface area contributed by atoms with Crippen LogP contribution in [0.5, 0.6) is 0 Å². The highest BCUT2D eigenvalue weighted by atomic mass is 16.1. The molecule has 110 valence electrons. The highest BCUT2D eigenvalue weighted by Gasteiger charge is 2.12. The smallest absolute Gasteiger partial charge is 0.234 e. The van der Waals surface area contributed by atoms with Crippen LogP contribution in [-0.4, -0.2) is 20.7 Å². The lowest BCUT2D eigenvalue weighted by atomic mass is 10.00. The molecule has 0 fully saturated rings. The standard InChI is InChI=1S/C19H13N3O/c23-13-14-6-8-16(9-7-14)18-17(15-4-2-1-3-5-15)12-22-11-10-20-19(22)21-18/h1-13H. The third-order valence-electron chi connectivity index (χ3n) is 3.79. The number of aldehydes is 1. The fourth-order valence-corrected chi connectivity index (χ4v) is 2.62. The monoisotopic (exact) mass is 299 g/mol. The molecule has 0 atom stereocenters. The van der Waals surface area contributed by atoms with Crippen molar-refractivity contribution in [3.05, 3.63) is 78.8 Å². The molecule has 0 amide bonds. The predicted molar refractivity (Wildman–Crippen MR) is 89.2 cm³/mol. The molecule has 0 N–H and O–H groups in total. The van der Waals surface area contributed by atoms with Crippen molar-refractivity contribution < 1.29 is 4.79 Å². The van der Waals surface area contributed by atoms with Gasteiger partial charge in [-0.2, -0.15) is 0 Å². The Kier molecular flexibility index (Phi) is 3.20. The summed E-state index contributed by atoms with van der Waals surface area (Å²) in [5.74, 6) is 0.652. The molecule has 0 bridgehead atoms. The number of hydrogen-bond donors (Lipinski definition) is 0. The van der Waals surface area contributed by atoms with Gasteiger partial charge in [0.2, 0.25) is 5.78 Å². The fraction of sp³-hybridized carbons (Fsp3) is 0. The first-order chi connectivity index (χ1) is 11.3. The Morgan fingerprint density at radius 1 is 0.913 bits per heavy atom. The maximum absolute atomic E-state index is 10.9. The van der Waals surface area contributed by atoms with Crippen molar-refractivity contribution >= 4 is 12.1 Å². The minimum Gasteiger partial charge on any atom is -0.298 e. The Balaban J connectivity index is 1.97. The molecular formula is C19H13N3O. The van der Waals surface area contributed by atoms with Gasteiger partial charge < -0.3 is 0 Å². The average Bonchev–Trinajstić information content (AvgIpc) is 3.09. The minimum atomic E-state index is 0.650. The molecule has 0 saturated heterocycles. The van der Waals surface area contributed by atoms with Crippen LogP contribution in [0.25, 0.3) is 28.2 Å². The predicted octanol–water partition coefficient (Wildman–Crippen LogP) is 3.88. The van der Waals surface area contributed by atoms with Gasteiger partial charge in [0.15, 0.2) is 0 Å². The van der Waals surface area contributed by atoms with E-state index in [1.54, 1.807) is 18.3 Å². The van der Waals surface area contributed by atoms with E-state index in [0.717, 1.165) is 28.7 Å². The van der Waals surface area contributed by atoms with Crippen LogP contribution in [0.2, 0.25) is 0 Å². The van der Waals surface area contributed by atoms with Gasteiger partial charge in [0, 0.05) is 35.3 Å². The molecule has 0 saturated carbocycles. The summed E-state index contributed by atoms with van der Waals surface area (Å²) in [5.41, 5.74) is 4.57. The molecule has 0 unspecified atom stereocenters. The lowest BCUT2D eigenvalue weighted by Crippen LogP contribution is -1.96. The number of imidazole rings is 1. The third kappa shape index (κ3) is 2.40. The van der Waals surface area contributed by atoms with E-state index in [1.165, 1.54) is 0 Å². The Labute approximate surface area is 133 Å². The fourth-order valence-electron chi connectivity index (χ4n) is 2.62. The SMILES string of the molecule is O=Cc1ccc(-c2nc3nccn3cc2-c2ccccc2)cc1. The number of hydrogen-bond acceptors (Lipinski definition) is 3. The number of rotatable bonds is 3. The van der Waals surface area contributed by atoms with Crippen LogP contribution >= 0.6 is 0 Å². The summed E-state index contributed by atoms with van der Waals surface area (Å²) < 4.78 is 1.91. The zero-order chi connectivity index (χ0) is 15.6. The first kappa shape index (κ1) is 13.4. The third-order valence-corrected chi connectivity index (χ3v) is 3.79. The molecule has 2 heterocycles. The van der Waals surface area contributed by atoms with Crippen LogP contribution in [0, 0.1) is 0 Å². The van der Waals surface area contributed by atoms with Gasteiger partial charge in [-0.15, -0.1) is 0 Å². The summed E-state index contributed by atoms with van der Waals surface area (Å²) in [7, 11) is 0. The number of aromatic nitrogens is 3. The van der Waals surface area contributed by atoms with Crippen molar-refractivity contribution in [3.8, 4) is 22.4 Å². The zero-order valence-corrected chi connectivity index (χ0v) is 12.3. The van der Waals surface area contributed by atoms with E-state index in [4.69, 9.17) is 4.98 Å². The quantitative estimate of drug-likeness (QED) is 0.539. The van der Waals surface area contributed by atoms with Gasteiger partial charge in [-0.3, -0.25) is 9.20 Å². The van der Waals surface area contributed by atoms with Gasteiger partial charge >= 0.3 is 0 Å². The number of carbonyl (C=O) groups is 1. The first-order valence-electron chi connectivity index (χ1n) is 7.30. The van der Waals surface area contributed by atoms with Crippen molar-refractivity contribution in [1.82, 2.24) is 14.4 Å². The van der Waals surface area contributed by atoms with Gasteiger partial charge in [-0.25, -0.2) is 9.97 Å². The molecular weight excluding hydrogens is 286 g/mol. The molecule has 0 radical (unpaired) electrons. The van der Waals surface area contributed by atoms with Crippen LogP contribution in [-0.2, 0) is 0 Å². The second-order valence-corrected chi connectivity index (χ2v) is 5.24. The molecule has 0 aliphatic heterocycles. The van der Waals surface area contributed by atoms with Crippen molar-refractivity contribution in [3.63, 3.8) is 0 Å². The maximum atomic E-state index is 10.9. The average molecular weight is 299 g/mol. The van der Waals surface area contributed by atoms with E-state index in [0.29, 0.717) is 11.3 Å². The minimum absolute atomic E-state index is 0.650. The van der Waals surface area contributed by atoms with Crippen molar-refractivity contribution in [1.29, 1.82) is 0 Å². The molecule has 4 rings (SSSR count). The summed E-state index contributed by atoms with van der Waals surface area (Å²) in [4.78, 5) is 19.8. The first-order valence-corrected chi connectivity index (χ1v) is 7.30. The summed E-state index contributed by atoms with van der Waals surface area (Å²) in [6, 6.07) is 17.6. The Morgan fingerprint density at radius 3 is 2.43 bits per heavy atom. The van der Waals surface area contributed by atoms with E-state index in [1.807, 2.05) is 47.1 Å². The molecule has 2 aromatic heterocycles. The lowest BCUT2D eigenvalue weighted by molar-refractivity contribution is 0.112. The van der Waals surface area contributed by atoms with Gasteiger partial charge in [-0.1, -0.05) is 54.6 Å². The van der Waals surface area contributed by atoms with Crippen molar-refractivity contribution in [2.45, 2.75) is 0 Å². The van der Waals surface area contributed by atoms with Gasteiger partial charge in [0.1, 0.15) is 6.29 Å². The summed E-state index contributed by atoms with van der Waals surface area (Å²) in [6.45, 7) is 0. The lowest BCUT2D eigenvalue weighted by Gasteiger charge is -2.10. The van der Waals surface area contributed by atoms with E-state index in [-0.39, 0.29) is 0 Å². The second kappa shape index (κ2) is 5.50. The molecule has 23 heavy (non-hydrogen) atoms. The molecule has 0 spiro atoms. The maximum Gasteiger partial charge on any atom is 0.234 e. The molecule has 4 nitrogen and oxygen atoms in total. The topological polar surface area (TPSA) is 47.3 Å². The summed E-state index contributed by atoms with van der Waals surface area (Å²) >= 11 is 0. The summed E-state index contributed by atoms with van der Waals surface area (Å²) in [6.07, 6.45) is 6.49. The summed E-state index contributed by atoms with van der Waals surface area (Å²) in [5, 5.41) is 0.